The number of benzene rings is 1. The molecule has 0 spiro atoms. The van der Waals surface area contributed by atoms with Gasteiger partial charge in [0.05, 0.1) is 11.4 Å². The summed E-state index contributed by atoms with van der Waals surface area (Å²) in [7, 11) is 0. The van der Waals surface area contributed by atoms with Crippen LogP contribution in [0, 0.1) is 0 Å². The van der Waals surface area contributed by atoms with E-state index in [-0.39, 0.29) is 5.75 Å². The maximum Gasteiger partial charge on any atom is 0.313 e. The number of carboxylic acids is 1. The van der Waals surface area contributed by atoms with Crippen LogP contribution in [0.15, 0.2) is 35.4 Å². The topological polar surface area (TPSA) is 55.1 Å². The highest BCUT2D eigenvalue weighted by atomic mass is 35.5. The van der Waals surface area contributed by atoms with E-state index in [1.165, 1.54) is 10.7 Å². The Morgan fingerprint density at radius 3 is 2.80 bits per heavy atom. The second-order valence-corrected chi connectivity index (χ2v) is 5.21. The van der Waals surface area contributed by atoms with Crippen molar-refractivity contribution in [2.24, 2.45) is 0 Å². The van der Waals surface area contributed by atoms with Crippen LogP contribution in [-0.4, -0.2) is 26.6 Å². The normalized spacial score (nSPS) is 11.0. The first-order valence-corrected chi connectivity index (χ1v) is 6.82. The Balaban J connectivity index is 2.41. The molecular formula is C12H9ClF2N2O2S. The zero-order chi connectivity index (χ0) is 14.7. The molecule has 20 heavy (non-hydrogen) atoms. The Labute approximate surface area is 122 Å². The van der Waals surface area contributed by atoms with E-state index in [0.29, 0.717) is 15.7 Å². The first kappa shape index (κ1) is 14.8. The standard InChI is InChI=1S/C12H9ClF2N2O2S/c13-7-2-1-3-8(4-7)17-10(20-6-11(18)19)5-9(16-17)12(14)15/h1-5,12H,6H2,(H,18,19). The number of rotatable bonds is 5. The van der Waals surface area contributed by atoms with Crippen LogP contribution in [0.4, 0.5) is 8.78 Å². The van der Waals surface area contributed by atoms with Crippen molar-refractivity contribution < 1.29 is 18.7 Å². The number of halogens is 3. The molecule has 8 heteroatoms. The number of thioether (sulfide) groups is 1. The summed E-state index contributed by atoms with van der Waals surface area (Å²) in [4.78, 5) is 10.6. The third-order valence-electron chi connectivity index (χ3n) is 2.32. The van der Waals surface area contributed by atoms with Gasteiger partial charge in [-0.1, -0.05) is 29.4 Å². The summed E-state index contributed by atoms with van der Waals surface area (Å²) in [6.07, 6.45) is -2.72. The van der Waals surface area contributed by atoms with E-state index in [1.807, 2.05) is 0 Å². The molecule has 4 nitrogen and oxygen atoms in total. The average Bonchev–Trinajstić information content (AvgIpc) is 2.80. The zero-order valence-corrected chi connectivity index (χ0v) is 11.5. The van der Waals surface area contributed by atoms with Crippen molar-refractivity contribution in [1.29, 1.82) is 0 Å². The molecule has 0 atom stereocenters. The summed E-state index contributed by atoms with van der Waals surface area (Å²) in [5, 5.41) is 13.2. The fraction of sp³-hybridized carbons (Fsp3) is 0.167. The Morgan fingerprint density at radius 1 is 1.45 bits per heavy atom. The van der Waals surface area contributed by atoms with Gasteiger partial charge in [-0.2, -0.15) is 5.10 Å². The summed E-state index contributed by atoms with van der Waals surface area (Å²) >= 11 is 6.77. The second kappa shape index (κ2) is 6.23. The third-order valence-corrected chi connectivity index (χ3v) is 3.53. The number of carboxylic acid groups (broad SMARTS) is 1. The molecule has 1 aromatic carbocycles. The first-order valence-electron chi connectivity index (χ1n) is 5.46. The molecule has 0 unspecified atom stereocenters. The number of carbonyl (C=O) groups is 1. The molecule has 1 N–H and O–H groups in total. The van der Waals surface area contributed by atoms with Gasteiger partial charge in [-0.3, -0.25) is 4.79 Å². The maximum atomic E-state index is 12.7. The van der Waals surface area contributed by atoms with Crippen molar-refractivity contribution in [2.45, 2.75) is 11.5 Å². The van der Waals surface area contributed by atoms with Gasteiger partial charge >= 0.3 is 5.97 Å². The zero-order valence-electron chi connectivity index (χ0n) is 9.96. The monoisotopic (exact) mass is 318 g/mol. The fourth-order valence-corrected chi connectivity index (χ4v) is 2.45. The van der Waals surface area contributed by atoms with Gasteiger partial charge in [0, 0.05) is 5.02 Å². The molecule has 0 aliphatic carbocycles. The summed E-state index contributed by atoms with van der Waals surface area (Å²) in [6.45, 7) is 0. The Morgan fingerprint density at radius 2 is 2.20 bits per heavy atom. The lowest BCUT2D eigenvalue weighted by molar-refractivity contribution is -0.133. The van der Waals surface area contributed by atoms with Crippen LogP contribution in [0.3, 0.4) is 0 Å². The number of hydrogen-bond acceptors (Lipinski definition) is 3. The number of aromatic nitrogens is 2. The van der Waals surface area contributed by atoms with E-state index in [2.05, 4.69) is 5.10 Å². The van der Waals surface area contributed by atoms with Crippen molar-refractivity contribution in [3.8, 4) is 5.69 Å². The average molecular weight is 319 g/mol. The molecule has 2 aromatic rings. The quantitative estimate of drug-likeness (QED) is 0.855. The van der Waals surface area contributed by atoms with E-state index in [1.54, 1.807) is 24.3 Å². The fourth-order valence-electron chi connectivity index (χ4n) is 1.52. The van der Waals surface area contributed by atoms with Crippen molar-refractivity contribution in [2.75, 3.05) is 5.75 Å². The van der Waals surface area contributed by atoms with Gasteiger partial charge in [-0.25, -0.2) is 13.5 Å². The largest absolute Gasteiger partial charge is 0.481 e. The minimum absolute atomic E-state index is 0.241. The van der Waals surface area contributed by atoms with Crippen LogP contribution in [0.1, 0.15) is 12.1 Å². The number of hydrogen-bond donors (Lipinski definition) is 1. The third kappa shape index (κ3) is 3.49. The van der Waals surface area contributed by atoms with Crippen molar-refractivity contribution in [3.63, 3.8) is 0 Å². The van der Waals surface area contributed by atoms with E-state index >= 15 is 0 Å². The summed E-state index contributed by atoms with van der Waals surface area (Å²) in [5.74, 6) is -1.28. The highest BCUT2D eigenvalue weighted by molar-refractivity contribution is 7.99. The number of nitrogens with zero attached hydrogens (tertiary/aromatic N) is 2. The lowest BCUT2D eigenvalue weighted by Crippen LogP contribution is -2.02. The van der Waals surface area contributed by atoms with Crippen LogP contribution < -0.4 is 0 Å². The molecule has 106 valence electrons. The van der Waals surface area contributed by atoms with Gasteiger partial charge in [0.15, 0.2) is 0 Å². The summed E-state index contributed by atoms with van der Waals surface area (Å²) in [5.41, 5.74) is 0.0927. The van der Waals surface area contributed by atoms with E-state index in [9.17, 15) is 13.6 Å². The van der Waals surface area contributed by atoms with Crippen LogP contribution >= 0.6 is 23.4 Å². The number of alkyl halides is 2. The molecule has 0 bridgehead atoms. The van der Waals surface area contributed by atoms with Crippen LogP contribution in [0.25, 0.3) is 5.69 Å². The van der Waals surface area contributed by atoms with Gasteiger partial charge in [0.25, 0.3) is 6.43 Å². The van der Waals surface area contributed by atoms with Crippen molar-refractivity contribution in [1.82, 2.24) is 9.78 Å². The lowest BCUT2D eigenvalue weighted by Gasteiger charge is -2.06. The molecule has 0 saturated heterocycles. The highest BCUT2D eigenvalue weighted by Gasteiger charge is 2.17. The van der Waals surface area contributed by atoms with Gasteiger partial charge in [-0.15, -0.1) is 0 Å². The smallest absolute Gasteiger partial charge is 0.313 e. The lowest BCUT2D eigenvalue weighted by atomic mass is 10.3. The molecule has 0 aliphatic heterocycles. The highest BCUT2D eigenvalue weighted by Crippen LogP contribution is 2.28. The van der Waals surface area contributed by atoms with Gasteiger partial charge in [0.1, 0.15) is 10.7 Å². The molecule has 0 amide bonds. The van der Waals surface area contributed by atoms with E-state index in [0.717, 1.165) is 11.8 Å². The van der Waals surface area contributed by atoms with E-state index < -0.39 is 18.1 Å². The first-order chi connectivity index (χ1) is 9.47. The van der Waals surface area contributed by atoms with Crippen molar-refractivity contribution >= 4 is 29.3 Å². The second-order valence-electron chi connectivity index (χ2n) is 3.78. The molecule has 2 rings (SSSR count). The minimum Gasteiger partial charge on any atom is -0.481 e. The Bertz CT molecular complexity index is 634. The maximum absolute atomic E-state index is 12.7. The van der Waals surface area contributed by atoms with Crippen LogP contribution in [0.2, 0.25) is 5.02 Å². The SMILES string of the molecule is O=C(O)CSc1cc(C(F)F)nn1-c1cccc(Cl)c1. The van der Waals surface area contributed by atoms with E-state index in [4.69, 9.17) is 16.7 Å². The summed E-state index contributed by atoms with van der Waals surface area (Å²) in [6, 6.07) is 7.70. The Hall–Kier alpha value is -1.60. The molecule has 0 fully saturated rings. The van der Waals surface area contributed by atoms with Crippen LogP contribution in [-0.2, 0) is 4.79 Å². The molecular weight excluding hydrogens is 310 g/mol. The minimum atomic E-state index is -2.72. The predicted octanol–water partition coefficient (Wildman–Crippen LogP) is 3.64. The van der Waals surface area contributed by atoms with Gasteiger partial charge in [-0.05, 0) is 24.3 Å². The molecule has 0 radical (unpaired) electrons. The van der Waals surface area contributed by atoms with Gasteiger partial charge < -0.3 is 5.11 Å². The molecule has 0 aliphatic rings. The number of aliphatic carboxylic acids is 1. The predicted molar refractivity (Wildman–Crippen MR) is 71.9 cm³/mol. The van der Waals surface area contributed by atoms with Crippen LogP contribution in [0.5, 0.6) is 0 Å². The van der Waals surface area contributed by atoms with Crippen molar-refractivity contribution in [3.05, 3.63) is 41.0 Å². The molecule has 1 heterocycles. The Kier molecular flexibility index (Phi) is 4.61. The molecule has 1 aromatic heterocycles. The summed E-state index contributed by atoms with van der Waals surface area (Å²) < 4.78 is 26.7. The van der Waals surface area contributed by atoms with Gasteiger partial charge in [0.2, 0.25) is 0 Å². The molecule has 0 saturated carbocycles.